The zero-order valence-electron chi connectivity index (χ0n) is 8.12. The van der Waals surface area contributed by atoms with Crippen LogP contribution in [0, 0.1) is 0 Å². The molecule has 0 bridgehead atoms. The average Bonchev–Trinajstić information content (AvgIpc) is 2.78. The van der Waals surface area contributed by atoms with Crippen molar-refractivity contribution in [2.75, 3.05) is 7.11 Å². The predicted molar refractivity (Wildman–Crippen MR) is 52.7 cm³/mol. The van der Waals surface area contributed by atoms with Crippen LogP contribution in [-0.4, -0.2) is 27.8 Å². The molecule has 1 heterocycles. The lowest BCUT2D eigenvalue weighted by atomic mass is 10.3. The molecule has 0 aliphatic rings. The number of hydrogen-bond acceptors (Lipinski definition) is 4. The Bertz CT molecular complexity index is 465. The van der Waals surface area contributed by atoms with Crippen molar-refractivity contribution >= 4 is 5.97 Å². The number of carbonyl (C=O) groups excluding carboxylic acids is 1. The summed E-state index contributed by atoms with van der Waals surface area (Å²) in [5.41, 5.74) is 0.847. The molecule has 2 aromatic rings. The van der Waals surface area contributed by atoms with E-state index in [4.69, 9.17) is 0 Å². The van der Waals surface area contributed by atoms with E-state index in [-0.39, 0.29) is 5.82 Å². The molecule has 0 fully saturated rings. The van der Waals surface area contributed by atoms with Gasteiger partial charge in [-0.2, -0.15) is 0 Å². The van der Waals surface area contributed by atoms with Crippen molar-refractivity contribution in [3.63, 3.8) is 0 Å². The van der Waals surface area contributed by atoms with Crippen LogP contribution in [0.5, 0.6) is 0 Å². The van der Waals surface area contributed by atoms with E-state index < -0.39 is 5.97 Å². The maximum Gasteiger partial charge on any atom is 0.377 e. The Kier molecular flexibility index (Phi) is 2.45. The van der Waals surface area contributed by atoms with E-state index >= 15 is 0 Å². The summed E-state index contributed by atoms with van der Waals surface area (Å²) in [5, 5.41) is 3.98. The van der Waals surface area contributed by atoms with Crippen molar-refractivity contribution in [3.05, 3.63) is 42.5 Å². The maximum atomic E-state index is 11.1. The minimum atomic E-state index is -0.537. The van der Waals surface area contributed by atoms with Crippen LogP contribution in [0.2, 0.25) is 0 Å². The summed E-state index contributed by atoms with van der Waals surface area (Å²) in [6, 6.07) is 9.41. The quantitative estimate of drug-likeness (QED) is 0.684. The number of rotatable bonds is 2. The Morgan fingerprint density at radius 1 is 1.33 bits per heavy atom. The number of ether oxygens (including phenoxy) is 1. The van der Waals surface area contributed by atoms with Gasteiger partial charge >= 0.3 is 5.97 Å². The van der Waals surface area contributed by atoms with Crippen molar-refractivity contribution in [2.45, 2.75) is 0 Å². The van der Waals surface area contributed by atoms with Gasteiger partial charge in [0.2, 0.25) is 0 Å². The fourth-order valence-electron chi connectivity index (χ4n) is 1.15. The Morgan fingerprint density at radius 2 is 2.07 bits per heavy atom. The minimum absolute atomic E-state index is 0.0568. The standard InChI is InChI=1S/C10H9N3O2/c1-15-10(14)9-11-7-13(12-9)8-5-3-2-4-6-8/h2-7H,1H3. The van der Waals surface area contributed by atoms with E-state index in [0.29, 0.717) is 0 Å². The molecule has 1 aromatic heterocycles. The van der Waals surface area contributed by atoms with Crippen LogP contribution in [0.3, 0.4) is 0 Å². The molecule has 0 amide bonds. The molecule has 0 saturated carbocycles. The van der Waals surface area contributed by atoms with Crippen LogP contribution >= 0.6 is 0 Å². The summed E-state index contributed by atoms with van der Waals surface area (Å²) >= 11 is 0. The molecule has 0 atom stereocenters. The number of benzene rings is 1. The third-order valence-electron chi connectivity index (χ3n) is 1.88. The number of hydrogen-bond donors (Lipinski definition) is 0. The third-order valence-corrected chi connectivity index (χ3v) is 1.88. The summed E-state index contributed by atoms with van der Waals surface area (Å²) in [7, 11) is 1.30. The Balaban J connectivity index is 2.32. The molecule has 15 heavy (non-hydrogen) atoms. The van der Waals surface area contributed by atoms with Crippen LogP contribution in [0.25, 0.3) is 5.69 Å². The molecule has 0 N–H and O–H groups in total. The molecule has 1 aromatic carbocycles. The SMILES string of the molecule is COC(=O)c1ncn(-c2ccccc2)n1. The molecule has 2 rings (SSSR count). The zero-order valence-corrected chi connectivity index (χ0v) is 8.12. The molecule has 5 heteroatoms. The van der Waals surface area contributed by atoms with Crippen molar-refractivity contribution in [2.24, 2.45) is 0 Å². The highest BCUT2D eigenvalue weighted by atomic mass is 16.5. The van der Waals surface area contributed by atoms with E-state index in [9.17, 15) is 4.79 Å². The molecule has 0 spiro atoms. The number of para-hydroxylation sites is 1. The zero-order chi connectivity index (χ0) is 10.7. The number of methoxy groups -OCH3 is 1. The summed E-state index contributed by atoms with van der Waals surface area (Å²) in [5.74, 6) is -0.481. The molecule has 5 nitrogen and oxygen atoms in total. The van der Waals surface area contributed by atoms with E-state index in [2.05, 4.69) is 14.8 Å². The van der Waals surface area contributed by atoms with Crippen LogP contribution in [0.15, 0.2) is 36.7 Å². The highest BCUT2D eigenvalue weighted by Gasteiger charge is 2.11. The first kappa shape index (κ1) is 9.39. The molecule has 0 unspecified atom stereocenters. The lowest BCUT2D eigenvalue weighted by Crippen LogP contribution is -2.05. The van der Waals surface area contributed by atoms with Gasteiger partial charge < -0.3 is 4.74 Å². The van der Waals surface area contributed by atoms with Gasteiger partial charge in [0.05, 0.1) is 12.8 Å². The summed E-state index contributed by atoms with van der Waals surface area (Å²) in [6.45, 7) is 0. The van der Waals surface area contributed by atoms with Crippen molar-refractivity contribution in [3.8, 4) is 5.69 Å². The number of esters is 1. The normalized spacial score (nSPS) is 9.93. The maximum absolute atomic E-state index is 11.1. The Morgan fingerprint density at radius 3 is 2.73 bits per heavy atom. The smallest absolute Gasteiger partial charge is 0.377 e. The lowest BCUT2D eigenvalue weighted by molar-refractivity contribution is 0.0587. The molecular weight excluding hydrogens is 194 g/mol. The Labute approximate surface area is 86.3 Å². The van der Waals surface area contributed by atoms with Gasteiger partial charge in [-0.25, -0.2) is 14.5 Å². The summed E-state index contributed by atoms with van der Waals surface area (Å²) in [6.07, 6.45) is 1.47. The highest BCUT2D eigenvalue weighted by Crippen LogP contribution is 2.04. The fourth-order valence-corrected chi connectivity index (χ4v) is 1.15. The minimum Gasteiger partial charge on any atom is -0.463 e. The molecule has 0 aliphatic carbocycles. The van der Waals surface area contributed by atoms with Gasteiger partial charge in [-0.1, -0.05) is 18.2 Å². The molecule has 0 aliphatic heterocycles. The van der Waals surface area contributed by atoms with Gasteiger partial charge in [-0.3, -0.25) is 0 Å². The largest absolute Gasteiger partial charge is 0.463 e. The number of carbonyl (C=O) groups is 1. The lowest BCUT2D eigenvalue weighted by Gasteiger charge is -1.97. The van der Waals surface area contributed by atoms with E-state index in [1.54, 1.807) is 0 Å². The first-order valence-corrected chi connectivity index (χ1v) is 4.36. The van der Waals surface area contributed by atoms with Gasteiger partial charge in [-0.05, 0) is 12.1 Å². The van der Waals surface area contributed by atoms with Crippen LogP contribution in [0.1, 0.15) is 10.6 Å². The molecule has 0 radical (unpaired) electrons. The Hall–Kier alpha value is -2.17. The number of aromatic nitrogens is 3. The van der Waals surface area contributed by atoms with Gasteiger partial charge in [0, 0.05) is 0 Å². The molecule has 76 valence electrons. The second kappa shape index (κ2) is 3.91. The van der Waals surface area contributed by atoms with Gasteiger partial charge in [-0.15, -0.1) is 5.10 Å². The first-order chi connectivity index (χ1) is 7.31. The summed E-state index contributed by atoms with van der Waals surface area (Å²) < 4.78 is 6.03. The molecule has 0 saturated heterocycles. The van der Waals surface area contributed by atoms with Crippen LogP contribution in [-0.2, 0) is 4.74 Å². The predicted octanol–water partition coefficient (Wildman–Crippen LogP) is 1.05. The highest BCUT2D eigenvalue weighted by molar-refractivity contribution is 5.84. The van der Waals surface area contributed by atoms with Gasteiger partial charge in [0.15, 0.2) is 0 Å². The fraction of sp³-hybridized carbons (Fsp3) is 0.100. The average molecular weight is 203 g/mol. The van der Waals surface area contributed by atoms with Crippen molar-refractivity contribution in [1.82, 2.24) is 14.8 Å². The van der Waals surface area contributed by atoms with Crippen molar-refractivity contribution in [1.29, 1.82) is 0 Å². The second-order valence-corrected chi connectivity index (χ2v) is 2.84. The van der Waals surface area contributed by atoms with Crippen LogP contribution in [0.4, 0.5) is 0 Å². The van der Waals surface area contributed by atoms with Crippen molar-refractivity contribution < 1.29 is 9.53 Å². The first-order valence-electron chi connectivity index (χ1n) is 4.36. The van der Waals surface area contributed by atoms with E-state index in [1.165, 1.54) is 18.1 Å². The third kappa shape index (κ3) is 1.85. The van der Waals surface area contributed by atoms with Crippen LogP contribution < -0.4 is 0 Å². The van der Waals surface area contributed by atoms with E-state index in [0.717, 1.165) is 5.69 Å². The second-order valence-electron chi connectivity index (χ2n) is 2.84. The van der Waals surface area contributed by atoms with E-state index in [1.807, 2.05) is 30.3 Å². The monoisotopic (exact) mass is 203 g/mol. The van der Waals surface area contributed by atoms with Gasteiger partial charge in [0.1, 0.15) is 6.33 Å². The number of nitrogens with zero attached hydrogens (tertiary/aromatic N) is 3. The topological polar surface area (TPSA) is 57.0 Å². The molecular formula is C10H9N3O2. The van der Waals surface area contributed by atoms with Gasteiger partial charge in [0.25, 0.3) is 5.82 Å². The summed E-state index contributed by atoms with van der Waals surface area (Å²) in [4.78, 5) is 14.9.